The van der Waals surface area contributed by atoms with Crippen molar-refractivity contribution in [1.82, 2.24) is 0 Å². The largest absolute Gasteiger partial charge is 0.477 e. The zero-order chi connectivity index (χ0) is 10.4. The van der Waals surface area contributed by atoms with Gasteiger partial charge in [0.15, 0.2) is 5.06 Å². The predicted molar refractivity (Wildman–Crippen MR) is 56.9 cm³/mol. The first-order valence-corrected chi connectivity index (χ1v) is 5.83. The molecule has 1 aliphatic heterocycles. The highest BCUT2D eigenvalue weighted by atomic mass is 32.1. The van der Waals surface area contributed by atoms with Crippen LogP contribution in [0.25, 0.3) is 0 Å². The fourth-order valence-corrected chi connectivity index (χ4v) is 2.69. The van der Waals surface area contributed by atoms with Crippen LogP contribution in [0.4, 0.5) is 5.69 Å². The van der Waals surface area contributed by atoms with Gasteiger partial charge in [-0.05, 0) is 24.8 Å². The van der Waals surface area contributed by atoms with Crippen molar-refractivity contribution >= 4 is 23.0 Å². The zero-order valence-corrected chi connectivity index (χ0v) is 8.84. The van der Waals surface area contributed by atoms with E-state index in [1.807, 2.05) is 0 Å². The molecule has 3 rings (SSSR count). The lowest BCUT2D eigenvalue weighted by Crippen LogP contribution is -2.31. The maximum Gasteiger partial charge on any atom is 0.346 e. The summed E-state index contributed by atoms with van der Waals surface area (Å²) in [6.45, 7) is 0.799. The van der Waals surface area contributed by atoms with Gasteiger partial charge in [-0.25, -0.2) is 4.79 Å². The second-order valence-electron chi connectivity index (χ2n) is 3.99. The molecule has 2 aliphatic rings. The minimum Gasteiger partial charge on any atom is -0.477 e. The summed E-state index contributed by atoms with van der Waals surface area (Å²) in [5, 5.41) is 12.8. The van der Waals surface area contributed by atoms with Crippen molar-refractivity contribution in [3.05, 3.63) is 10.9 Å². The Bertz CT molecular complexity index is 411. The Labute approximate surface area is 90.9 Å². The summed E-state index contributed by atoms with van der Waals surface area (Å²) >= 11 is 1.21. The van der Waals surface area contributed by atoms with Gasteiger partial charge in [-0.15, -0.1) is 0 Å². The van der Waals surface area contributed by atoms with Crippen molar-refractivity contribution in [2.24, 2.45) is 5.92 Å². The van der Waals surface area contributed by atoms with E-state index in [1.54, 1.807) is 6.07 Å². The molecule has 5 heteroatoms. The van der Waals surface area contributed by atoms with E-state index in [9.17, 15) is 4.79 Å². The molecule has 4 nitrogen and oxygen atoms in total. The van der Waals surface area contributed by atoms with Gasteiger partial charge in [0.1, 0.15) is 11.0 Å². The number of hydrogen-bond donors (Lipinski definition) is 2. The molecule has 1 atom stereocenters. The molecule has 1 aliphatic carbocycles. The van der Waals surface area contributed by atoms with Crippen LogP contribution in [0.2, 0.25) is 0 Å². The van der Waals surface area contributed by atoms with E-state index in [0.717, 1.165) is 17.3 Å². The number of aromatic carboxylic acids is 1. The Morgan fingerprint density at radius 1 is 1.60 bits per heavy atom. The van der Waals surface area contributed by atoms with Gasteiger partial charge >= 0.3 is 5.97 Å². The average molecular weight is 225 g/mol. The molecule has 1 aromatic rings. The number of carbonyl (C=O) groups is 1. The monoisotopic (exact) mass is 225 g/mol. The second kappa shape index (κ2) is 3.13. The van der Waals surface area contributed by atoms with E-state index in [2.05, 4.69) is 5.32 Å². The van der Waals surface area contributed by atoms with Crippen molar-refractivity contribution in [2.45, 2.75) is 18.9 Å². The Hall–Kier alpha value is -1.23. The Morgan fingerprint density at radius 3 is 3.07 bits per heavy atom. The number of hydrogen-bond acceptors (Lipinski definition) is 4. The standard InChI is InChI=1S/C10H11NO3S/c12-9(13)8-3-6-10(15-8)14-7(4-11-6)5-1-2-5/h3,5,7,11H,1-2,4H2,(H,12,13). The predicted octanol–water partition coefficient (Wildman–Crippen LogP) is 2.03. The molecule has 0 bridgehead atoms. The third-order valence-corrected chi connectivity index (χ3v) is 3.82. The Morgan fingerprint density at radius 2 is 2.40 bits per heavy atom. The molecule has 1 saturated carbocycles. The van der Waals surface area contributed by atoms with E-state index < -0.39 is 5.97 Å². The maximum atomic E-state index is 10.8. The molecule has 0 saturated heterocycles. The maximum absolute atomic E-state index is 10.8. The first-order chi connectivity index (χ1) is 7.24. The highest BCUT2D eigenvalue weighted by Gasteiger charge is 2.36. The zero-order valence-electron chi connectivity index (χ0n) is 8.03. The van der Waals surface area contributed by atoms with E-state index in [4.69, 9.17) is 9.84 Å². The number of ether oxygens (including phenoxy) is 1. The van der Waals surface area contributed by atoms with Crippen molar-refractivity contribution in [2.75, 3.05) is 11.9 Å². The number of anilines is 1. The van der Waals surface area contributed by atoms with Gasteiger partial charge in [0, 0.05) is 0 Å². The van der Waals surface area contributed by atoms with Crippen LogP contribution in [-0.2, 0) is 0 Å². The molecule has 1 unspecified atom stereocenters. The number of carboxylic acids is 1. The van der Waals surface area contributed by atoms with Gasteiger partial charge < -0.3 is 15.2 Å². The van der Waals surface area contributed by atoms with Crippen LogP contribution in [0.5, 0.6) is 5.06 Å². The fourth-order valence-electron chi connectivity index (χ4n) is 1.81. The highest BCUT2D eigenvalue weighted by molar-refractivity contribution is 7.16. The highest BCUT2D eigenvalue weighted by Crippen LogP contribution is 2.43. The summed E-state index contributed by atoms with van der Waals surface area (Å²) in [6, 6.07) is 1.64. The van der Waals surface area contributed by atoms with Crippen LogP contribution >= 0.6 is 11.3 Å². The summed E-state index contributed by atoms with van der Waals surface area (Å²) in [4.78, 5) is 11.1. The van der Waals surface area contributed by atoms with Crippen LogP contribution < -0.4 is 10.1 Å². The minimum atomic E-state index is -0.886. The number of rotatable bonds is 2. The van der Waals surface area contributed by atoms with Gasteiger partial charge in [-0.2, -0.15) is 0 Å². The summed E-state index contributed by atoms with van der Waals surface area (Å²) in [7, 11) is 0. The van der Waals surface area contributed by atoms with E-state index >= 15 is 0 Å². The van der Waals surface area contributed by atoms with Crippen LogP contribution in [0.1, 0.15) is 22.5 Å². The Balaban J connectivity index is 1.85. The molecule has 0 radical (unpaired) electrons. The molecule has 0 aromatic carbocycles. The van der Waals surface area contributed by atoms with Crippen LogP contribution in [-0.4, -0.2) is 23.7 Å². The van der Waals surface area contributed by atoms with E-state index in [-0.39, 0.29) is 6.10 Å². The third kappa shape index (κ3) is 1.56. The van der Waals surface area contributed by atoms with Crippen molar-refractivity contribution in [1.29, 1.82) is 0 Å². The fraction of sp³-hybridized carbons (Fsp3) is 0.500. The molecule has 1 fully saturated rings. The van der Waals surface area contributed by atoms with Crippen molar-refractivity contribution < 1.29 is 14.6 Å². The summed E-state index contributed by atoms with van der Waals surface area (Å²) in [5.74, 6) is -0.219. The van der Waals surface area contributed by atoms with Crippen LogP contribution in [0.3, 0.4) is 0 Å². The van der Waals surface area contributed by atoms with E-state index in [1.165, 1.54) is 24.2 Å². The molecule has 2 N–H and O–H groups in total. The van der Waals surface area contributed by atoms with Gasteiger partial charge in [0.2, 0.25) is 0 Å². The van der Waals surface area contributed by atoms with Gasteiger partial charge in [-0.1, -0.05) is 11.3 Å². The van der Waals surface area contributed by atoms with Crippen molar-refractivity contribution in [3.63, 3.8) is 0 Å². The summed E-state index contributed by atoms with van der Waals surface area (Å²) in [6.07, 6.45) is 2.70. The Kier molecular flexibility index (Phi) is 1.88. The van der Waals surface area contributed by atoms with E-state index in [0.29, 0.717) is 10.8 Å². The van der Waals surface area contributed by atoms with Gasteiger partial charge in [0.25, 0.3) is 0 Å². The van der Waals surface area contributed by atoms with Crippen LogP contribution in [0.15, 0.2) is 6.07 Å². The molecule has 15 heavy (non-hydrogen) atoms. The first-order valence-electron chi connectivity index (χ1n) is 5.01. The first kappa shape index (κ1) is 9.03. The smallest absolute Gasteiger partial charge is 0.346 e. The molecule has 0 spiro atoms. The molecular formula is C10H11NO3S. The number of nitrogens with one attached hydrogen (secondary N) is 1. The lowest BCUT2D eigenvalue weighted by Gasteiger charge is -2.24. The third-order valence-electron chi connectivity index (χ3n) is 2.81. The topological polar surface area (TPSA) is 58.6 Å². The average Bonchev–Trinajstić information content (AvgIpc) is 2.96. The normalized spacial score (nSPS) is 23.9. The quantitative estimate of drug-likeness (QED) is 0.808. The molecule has 2 heterocycles. The van der Waals surface area contributed by atoms with Gasteiger partial charge in [0.05, 0.1) is 12.2 Å². The van der Waals surface area contributed by atoms with Gasteiger partial charge in [-0.3, -0.25) is 0 Å². The lowest BCUT2D eigenvalue weighted by molar-refractivity contribution is 0.0702. The molecule has 80 valence electrons. The lowest BCUT2D eigenvalue weighted by atomic mass is 10.2. The number of fused-ring (bicyclic) bond motifs is 1. The summed E-state index contributed by atoms with van der Waals surface area (Å²) < 4.78 is 5.78. The van der Waals surface area contributed by atoms with Crippen molar-refractivity contribution in [3.8, 4) is 5.06 Å². The number of thiophene rings is 1. The SMILES string of the molecule is O=C(O)c1cc2c(s1)OC(C1CC1)CN2. The summed E-state index contributed by atoms with van der Waals surface area (Å²) in [5.41, 5.74) is 0.828. The minimum absolute atomic E-state index is 0.234. The molecule has 1 aromatic heterocycles. The number of carboxylic acid groups (broad SMARTS) is 1. The molecular weight excluding hydrogens is 214 g/mol. The second-order valence-corrected chi connectivity index (χ2v) is 5.01. The molecule has 0 amide bonds. The van der Waals surface area contributed by atoms with Crippen LogP contribution in [0, 0.1) is 5.92 Å².